The maximum absolute atomic E-state index is 12.6. The Morgan fingerprint density at radius 1 is 1.30 bits per heavy atom. The summed E-state index contributed by atoms with van der Waals surface area (Å²) in [7, 11) is 1.52. The van der Waals surface area contributed by atoms with Crippen molar-refractivity contribution in [2.45, 2.75) is 32.1 Å². The smallest absolute Gasteiger partial charge is 0.313 e. The lowest BCUT2D eigenvalue weighted by Gasteiger charge is -2.39. The SMILES string of the molecule is COCC1(C(=O)O)CCCN(C(=O)C2C3CCCC32)C1. The van der Waals surface area contributed by atoms with Gasteiger partial charge in [-0.05, 0) is 37.5 Å². The molecule has 0 spiro atoms. The van der Waals surface area contributed by atoms with E-state index in [4.69, 9.17) is 4.74 Å². The number of ether oxygens (including phenoxy) is 1. The molecule has 0 aromatic rings. The molecule has 3 atom stereocenters. The number of amides is 1. The van der Waals surface area contributed by atoms with Crippen LogP contribution in [-0.2, 0) is 14.3 Å². The van der Waals surface area contributed by atoms with Crippen LogP contribution in [-0.4, -0.2) is 48.7 Å². The number of carboxylic acid groups (broad SMARTS) is 1. The zero-order valence-electron chi connectivity index (χ0n) is 12.0. The van der Waals surface area contributed by atoms with Crippen molar-refractivity contribution in [2.75, 3.05) is 26.8 Å². The number of carboxylic acids is 1. The molecule has 1 amide bonds. The highest BCUT2D eigenvalue weighted by molar-refractivity contribution is 5.84. The Morgan fingerprint density at radius 2 is 2.00 bits per heavy atom. The summed E-state index contributed by atoms with van der Waals surface area (Å²) in [4.78, 5) is 26.0. The maximum Gasteiger partial charge on any atom is 0.313 e. The quantitative estimate of drug-likeness (QED) is 0.845. The van der Waals surface area contributed by atoms with E-state index in [-0.39, 0.29) is 18.4 Å². The number of carbonyl (C=O) groups is 2. The van der Waals surface area contributed by atoms with E-state index in [1.54, 1.807) is 4.90 Å². The number of hydrogen-bond donors (Lipinski definition) is 1. The largest absolute Gasteiger partial charge is 0.481 e. The summed E-state index contributed by atoms with van der Waals surface area (Å²) in [6.45, 7) is 1.20. The van der Waals surface area contributed by atoms with Gasteiger partial charge in [0.25, 0.3) is 0 Å². The van der Waals surface area contributed by atoms with Gasteiger partial charge in [0.15, 0.2) is 0 Å². The minimum Gasteiger partial charge on any atom is -0.481 e. The van der Waals surface area contributed by atoms with Gasteiger partial charge in [-0.2, -0.15) is 0 Å². The number of carbonyl (C=O) groups excluding carboxylic acids is 1. The highest BCUT2D eigenvalue weighted by atomic mass is 16.5. The normalized spacial score (nSPS) is 39.5. The fraction of sp³-hybridized carbons (Fsp3) is 0.867. The van der Waals surface area contributed by atoms with Gasteiger partial charge in [0.05, 0.1) is 6.61 Å². The van der Waals surface area contributed by atoms with Gasteiger partial charge in [-0.1, -0.05) is 6.42 Å². The van der Waals surface area contributed by atoms with E-state index >= 15 is 0 Å². The maximum atomic E-state index is 12.6. The summed E-state index contributed by atoms with van der Waals surface area (Å²) in [5, 5.41) is 9.52. The van der Waals surface area contributed by atoms with Crippen LogP contribution in [0.15, 0.2) is 0 Å². The molecule has 0 radical (unpaired) electrons. The molecule has 1 saturated heterocycles. The molecule has 1 aliphatic heterocycles. The second-order valence-electron chi connectivity index (χ2n) is 6.67. The molecule has 0 aromatic heterocycles. The standard InChI is InChI=1S/C15H23NO4/c1-20-9-15(14(18)19)6-3-7-16(8-15)13(17)12-10-4-2-5-11(10)12/h10-12H,2-9H2,1H3,(H,18,19). The van der Waals surface area contributed by atoms with Gasteiger partial charge in [0.2, 0.25) is 5.91 Å². The Labute approximate surface area is 119 Å². The van der Waals surface area contributed by atoms with Crippen LogP contribution in [0.2, 0.25) is 0 Å². The minimum absolute atomic E-state index is 0.184. The van der Waals surface area contributed by atoms with Crippen LogP contribution in [0.3, 0.4) is 0 Å². The fourth-order valence-electron chi connectivity index (χ4n) is 4.35. The molecule has 2 aliphatic carbocycles. The van der Waals surface area contributed by atoms with Crippen LogP contribution in [0.4, 0.5) is 0 Å². The van der Waals surface area contributed by atoms with E-state index < -0.39 is 11.4 Å². The number of piperidine rings is 1. The van der Waals surface area contributed by atoms with Gasteiger partial charge < -0.3 is 14.7 Å². The first-order chi connectivity index (χ1) is 9.59. The number of fused-ring (bicyclic) bond motifs is 1. The van der Waals surface area contributed by atoms with Crippen LogP contribution in [0.1, 0.15) is 32.1 Å². The first-order valence-corrected chi connectivity index (χ1v) is 7.60. The Balaban J connectivity index is 1.68. The molecule has 1 heterocycles. The lowest BCUT2D eigenvalue weighted by molar-refractivity contribution is -0.159. The summed E-state index contributed by atoms with van der Waals surface area (Å²) >= 11 is 0. The van der Waals surface area contributed by atoms with Crippen LogP contribution < -0.4 is 0 Å². The summed E-state index contributed by atoms with van der Waals surface area (Å²) in [5.74, 6) is 0.724. The Kier molecular flexibility index (Phi) is 3.48. The summed E-state index contributed by atoms with van der Waals surface area (Å²) < 4.78 is 5.11. The van der Waals surface area contributed by atoms with Crippen molar-refractivity contribution < 1.29 is 19.4 Å². The van der Waals surface area contributed by atoms with Crippen molar-refractivity contribution in [3.63, 3.8) is 0 Å². The molecule has 5 heteroatoms. The number of likely N-dealkylation sites (tertiary alicyclic amines) is 1. The van der Waals surface area contributed by atoms with Gasteiger partial charge in [-0.15, -0.1) is 0 Å². The summed E-state index contributed by atoms with van der Waals surface area (Å²) in [6.07, 6.45) is 4.96. The van der Waals surface area contributed by atoms with E-state index in [0.717, 1.165) is 6.42 Å². The second-order valence-corrected chi connectivity index (χ2v) is 6.67. The van der Waals surface area contributed by atoms with E-state index in [1.807, 2.05) is 0 Å². The van der Waals surface area contributed by atoms with E-state index in [1.165, 1.54) is 26.4 Å². The van der Waals surface area contributed by atoms with Crippen molar-refractivity contribution >= 4 is 11.9 Å². The molecule has 5 nitrogen and oxygen atoms in total. The third-order valence-corrected chi connectivity index (χ3v) is 5.45. The Morgan fingerprint density at radius 3 is 2.60 bits per heavy atom. The number of hydrogen-bond acceptors (Lipinski definition) is 3. The van der Waals surface area contributed by atoms with Gasteiger partial charge in [-0.3, -0.25) is 9.59 Å². The van der Waals surface area contributed by atoms with Crippen LogP contribution >= 0.6 is 0 Å². The molecule has 112 valence electrons. The third-order valence-electron chi connectivity index (χ3n) is 5.45. The van der Waals surface area contributed by atoms with Crippen molar-refractivity contribution in [2.24, 2.45) is 23.2 Å². The van der Waals surface area contributed by atoms with Gasteiger partial charge in [0, 0.05) is 26.1 Å². The second kappa shape index (κ2) is 5.02. The minimum atomic E-state index is -0.910. The molecule has 20 heavy (non-hydrogen) atoms. The van der Waals surface area contributed by atoms with Crippen molar-refractivity contribution in [3.8, 4) is 0 Å². The van der Waals surface area contributed by atoms with E-state index in [2.05, 4.69) is 0 Å². The first kappa shape index (κ1) is 13.9. The topological polar surface area (TPSA) is 66.8 Å². The lowest BCUT2D eigenvalue weighted by atomic mass is 9.80. The Hall–Kier alpha value is -1.10. The zero-order chi connectivity index (χ0) is 14.3. The molecule has 0 aromatic carbocycles. The van der Waals surface area contributed by atoms with Crippen LogP contribution in [0.25, 0.3) is 0 Å². The number of nitrogens with zero attached hydrogens (tertiary/aromatic N) is 1. The van der Waals surface area contributed by atoms with Gasteiger partial charge >= 0.3 is 5.97 Å². The lowest BCUT2D eigenvalue weighted by Crippen LogP contribution is -2.52. The number of rotatable bonds is 4. The highest BCUT2D eigenvalue weighted by Crippen LogP contribution is 2.58. The van der Waals surface area contributed by atoms with Gasteiger partial charge in [0.1, 0.15) is 5.41 Å². The van der Waals surface area contributed by atoms with Gasteiger partial charge in [-0.25, -0.2) is 0 Å². The van der Waals surface area contributed by atoms with Crippen molar-refractivity contribution in [1.29, 1.82) is 0 Å². The fourth-order valence-corrected chi connectivity index (χ4v) is 4.35. The zero-order valence-corrected chi connectivity index (χ0v) is 12.0. The predicted molar refractivity (Wildman–Crippen MR) is 72.1 cm³/mol. The highest BCUT2D eigenvalue weighted by Gasteiger charge is 2.58. The van der Waals surface area contributed by atoms with Crippen molar-refractivity contribution in [3.05, 3.63) is 0 Å². The molecular formula is C15H23NO4. The molecule has 1 N–H and O–H groups in total. The molecule has 0 bridgehead atoms. The van der Waals surface area contributed by atoms with Crippen LogP contribution in [0.5, 0.6) is 0 Å². The summed E-state index contributed by atoms with van der Waals surface area (Å²) in [6, 6.07) is 0. The van der Waals surface area contributed by atoms with E-state index in [9.17, 15) is 14.7 Å². The Bertz CT molecular complexity index is 410. The molecule has 3 aliphatic rings. The van der Waals surface area contributed by atoms with E-state index in [0.29, 0.717) is 31.3 Å². The molecule has 3 unspecified atom stereocenters. The van der Waals surface area contributed by atoms with Crippen molar-refractivity contribution in [1.82, 2.24) is 4.90 Å². The predicted octanol–water partition coefficient (Wildman–Crippen LogP) is 1.37. The monoisotopic (exact) mass is 281 g/mol. The first-order valence-electron chi connectivity index (χ1n) is 7.60. The molecular weight excluding hydrogens is 258 g/mol. The third kappa shape index (κ3) is 2.12. The number of aliphatic carboxylic acids is 1. The molecule has 3 fully saturated rings. The average Bonchev–Trinajstić information content (AvgIpc) is 2.90. The van der Waals surface area contributed by atoms with Crippen LogP contribution in [0, 0.1) is 23.2 Å². The molecule has 3 rings (SSSR count). The molecule has 2 saturated carbocycles. The summed E-state index contributed by atoms with van der Waals surface area (Å²) in [5.41, 5.74) is -0.910. The average molecular weight is 281 g/mol. The number of methoxy groups -OCH3 is 1.